The largest absolute Gasteiger partial charge is 0.345 e. The monoisotopic (exact) mass is 583 g/mol. The average molecular weight is 585 g/mol. The number of nitrogens with zero attached hydrogens (tertiary/aromatic N) is 4. The molecule has 0 bridgehead atoms. The topological polar surface area (TPSA) is 85.8 Å². The quantitative estimate of drug-likeness (QED) is 0.541. The van der Waals surface area contributed by atoms with Crippen molar-refractivity contribution in [3.8, 4) is 0 Å². The molecule has 2 aromatic rings. The Bertz CT molecular complexity index is 1170. The Morgan fingerprint density at radius 1 is 1.08 bits per heavy atom. The van der Waals surface area contributed by atoms with Crippen LogP contribution < -0.4 is 5.32 Å². The Morgan fingerprint density at radius 2 is 1.76 bits per heavy atom. The molecule has 3 amide bonds. The Balaban J connectivity index is 0.00000253. The molecule has 11 heteroatoms. The Morgan fingerprint density at radius 3 is 2.39 bits per heavy atom. The van der Waals surface area contributed by atoms with E-state index in [1.54, 1.807) is 38.1 Å². The fourth-order valence-corrected chi connectivity index (χ4v) is 5.28. The molecule has 0 spiro atoms. The highest BCUT2D eigenvalue weighted by atomic mass is 35.5. The van der Waals surface area contributed by atoms with Crippen molar-refractivity contribution in [2.45, 2.75) is 58.2 Å². The van der Waals surface area contributed by atoms with Crippen LogP contribution in [-0.4, -0.2) is 76.7 Å². The summed E-state index contributed by atoms with van der Waals surface area (Å²) in [6, 6.07) is 8.91. The highest BCUT2D eigenvalue weighted by Gasteiger charge is 2.41. The van der Waals surface area contributed by atoms with Crippen LogP contribution in [0.1, 0.15) is 52.9 Å². The molecule has 2 fully saturated rings. The lowest BCUT2D eigenvalue weighted by Gasteiger charge is -2.39. The van der Waals surface area contributed by atoms with Crippen LogP contribution in [0.3, 0.4) is 0 Å². The van der Waals surface area contributed by atoms with Gasteiger partial charge in [0.05, 0.1) is 0 Å². The zero-order valence-electron chi connectivity index (χ0n) is 22.2. The number of benzene rings is 1. The molecular weight excluding hydrogens is 549 g/mol. The third-order valence-corrected chi connectivity index (χ3v) is 7.42. The zero-order valence-corrected chi connectivity index (χ0v) is 24.6. The summed E-state index contributed by atoms with van der Waals surface area (Å²) in [5, 5.41) is 3.64. The van der Waals surface area contributed by atoms with Crippen molar-refractivity contribution in [3.63, 3.8) is 0 Å². The van der Waals surface area contributed by atoms with Crippen molar-refractivity contribution in [1.82, 2.24) is 19.7 Å². The summed E-state index contributed by atoms with van der Waals surface area (Å²) in [5.74, 6) is -0.0457. The Labute approximate surface area is 241 Å². The van der Waals surface area contributed by atoms with Gasteiger partial charge in [-0.15, -0.1) is 24.8 Å². The number of carbonyl (C=O) groups excluding carboxylic acids is 3. The van der Waals surface area contributed by atoms with E-state index in [0.29, 0.717) is 29.9 Å². The second-order valence-corrected chi connectivity index (χ2v) is 10.4. The Kier molecular flexibility index (Phi) is 11.4. The predicted molar refractivity (Wildman–Crippen MR) is 154 cm³/mol. The molecule has 3 heterocycles. The fourth-order valence-electron chi connectivity index (χ4n) is 5.16. The van der Waals surface area contributed by atoms with Crippen molar-refractivity contribution in [1.29, 1.82) is 0 Å². The molecular formula is C27H36Cl3N5O3. The molecule has 1 atom stereocenters. The molecule has 0 saturated carbocycles. The summed E-state index contributed by atoms with van der Waals surface area (Å²) in [4.78, 5) is 48.5. The van der Waals surface area contributed by atoms with E-state index in [1.165, 1.54) is 10.5 Å². The number of aromatic nitrogens is 1. The minimum Gasteiger partial charge on any atom is -0.345 e. The van der Waals surface area contributed by atoms with Crippen LogP contribution >= 0.6 is 36.4 Å². The number of hydrogen-bond acceptors (Lipinski definition) is 5. The van der Waals surface area contributed by atoms with Gasteiger partial charge in [0.25, 0.3) is 5.91 Å². The highest BCUT2D eigenvalue weighted by molar-refractivity contribution is 6.31. The van der Waals surface area contributed by atoms with Gasteiger partial charge in [0.2, 0.25) is 11.8 Å². The minimum atomic E-state index is -0.525. The van der Waals surface area contributed by atoms with E-state index >= 15 is 0 Å². The first-order valence-electron chi connectivity index (χ1n) is 12.4. The van der Waals surface area contributed by atoms with Gasteiger partial charge < -0.3 is 15.1 Å². The number of halogens is 3. The van der Waals surface area contributed by atoms with Crippen LogP contribution in [0.5, 0.6) is 0 Å². The molecule has 208 valence electrons. The van der Waals surface area contributed by atoms with Crippen LogP contribution in [0.25, 0.3) is 0 Å². The lowest BCUT2D eigenvalue weighted by molar-refractivity contribution is -0.136. The van der Waals surface area contributed by atoms with Crippen LogP contribution in [0.15, 0.2) is 30.3 Å². The first-order chi connectivity index (χ1) is 17.1. The van der Waals surface area contributed by atoms with Crippen LogP contribution in [0.2, 0.25) is 5.02 Å². The maximum atomic E-state index is 13.2. The molecule has 4 rings (SSSR count). The number of pyridine rings is 1. The van der Waals surface area contributed by atoms with Crippen molar-refractivity contribution in [2.24, 2.45) is 0 Å². The van der Waals surface area contributed by atoms with Gasteiger partial charge in [-0.1, -0.05) is 23.7 Å². The summed E-state index contributed by atoms with van der Waals surface area (Å²) in [6.45, 7) is 6.36. The second-order valence-electron chi connectivity index (χ2n) is 10.0. The summed E-state index contributed by atoms with van der Waals surface area (Å²) in [6.07, 6.45) is 2.51. The number of anilines is 1. The molecule has 0 radical (unpaired) electrons. The molecule has 2 saturated heterocycles. The number of likely N-dealkylation sites (tertiary alicyclic amines) is 2. The van der Waals surface area contributed by atoms with Crippen LogP contribution in [0, 0.1) is 13.8 Å². The van der Waals surface area contributed by atoms with E-state index in [4.69, 9.17) is 11.6 Å². The van der Waals surface area contributed by atoms with E-state index in [0.717, 1.165) is 43.1 Å². The molecule has 1 aromatic carbocycles. The number of rotatable bonds is 6. The summed E-state index contributed by atoms with van der Waals surface area (Å²) in [5.41, 5.74) is 3.40. The summed E-state index contributed by atoms with van der Waals surface area (Å²) >= 11 is 6.16. The molecule has 38 heavy (non-hydrogen) atoms. The standard InChI is InChI=1S/C27H34ClN5O3.2ClH/c1-17-13-19(5-6-22(17)28)16-32-11-9-21(10-12-32)33-23(7-8-25(33)34)26(35)30-24-15-20(14-18(2)29-24)27(36)31(3)4;;/h5-6,13-15,21,23H,7-12,16H2,1-4H3,(H,29,30,35);2*1H/t23-;;/m1../s1. The van der Waals surface area contributed by atoms with Crippen LogP contribution in [-0.2, 0) is 16.1 Å². The van der Waals surface area contributed by atoms with Gasteiger partial charge in [-0.05, 0) is 62.4 Å². The molecule has 8 nitrogen and oxygen atoms in total. The van der Waals surface area contributed by atoms with Crippen molar-refractivity contribution in [3.05, 3.63) is 57.7 Å². The molecule has 0 aliphatic carbocycles. The number of amides is 3. The van der Waals surface area contributed by atoms with Crippen LogP contribution in [0.4, 0.5) is 5.82 Å². The van der Waals surface area contributed by atoms with Gasteiger partial charge in [0, 0.05) is 62.5 Å². The van der Waals surface area contributed by atoms with E-state index in [2.05, 4.69) is 27.3 Å². The van der Waals surface area contributed by atoms with E-state index in [1.807, 2.05) is 13.0 Å². The SMILES string of the molecule is Cc1cc(C(=O)N(C)C)cc(NC(=O)[C@H]2CCC(=O)N2C2CCN(Cc3ccc(Cl)c(C)c3)CC2)n1.Cl.Cl. The number of piperidine rings is 1. The first kappa shape index (κ1) is 31.8. The normalized spacial score (nSPS) is 18.0. The third-order valence-electron chi connectivity index (χ3n) is 6.99. The first-order valence-corrected chi connectivity index (χ1v) is 12.8. The molecule has 2 aliphatic heterocycles. The molecule has 0 unspecified atom stereocenters. The van der Waals surface area contributed by atoms with E-state index < -0.39 is 6.04 Å². The third kappa shape index (κ3) is 7.38. The van der Waals surface area contributed by atoms with Crippen molar-refractivity contribution in [2.75, 3.05) is 32.5 Å². The van der Waals surface area contributed by atoms with E-state index in [-0.39, 0.29) is 48.6 Å². The predicted octanol–water partition coefficient (Wildman–Crippen LogP) is 4.49. The van der Waals surface area contributed by atoms with Crippen molar-refractivity contribution >= 4 is 60.0 Å². The van der Waals surface area contributed by atoms with Gasteiger partial charge in [0.15, 0.2) is 0 Å². The van der Waals surface area contributed by atoms with Gasteiger partial charge >= 0.3 is 0 Å². The minimum absolute atomic E-state index is 0. The van der Waals surface area contributed by atoms with Crippen molar-refractivity contribution < 1.29 is 14.4 Å². The number of nitrogens with one attached hydrogen (secondary N) is 1. The zero-order chi connectivity index (χ0) is 26.0. The van der Waals surface area contributed by atoms with Gasteiger partial charge in [-0.25, -0.2) is 4.98 Å². The maximum absolute atomic E-state index is 13.2. The van der Waals surface area contributed by atoms with E-state index in [9.17, 15) is 14.4 Å². The number of carbonyl (C=O) groups is 3. The highest BCUT2D eigenvalue weighted by Crippen LogP contribution is 2.29. The average Bonchev–Trinajstić information content (AvgIpc) is 3.22. The number of hydrogen-bond donors (Lipinski definition) is 1. The lowest BCUT2D eigenvalue weighted by atomic mass is 10.0. The fraction of sp³-hybridized carbons (Fsp3) is 0.481. The molecule has 1 aromatic heterocycles. The summed E-state index contributed by atoms with van der Waals surface area (Å²) < 4.78 is 0. The van der Waals surface area contributed by atoms with Gasteiger partial charge in [-0.3, -0.25) is 19.3 Å². The Hall–Kier alpha value is -2.39. The summed E-state index contributed by atoms with van der Waals surface area (Å²) in [7, 11) is 3.36. The second kappa shape index (κ2) is 13.6. The van der Waals surface area contributed by atoms with Gasteiger partial charge in [0.1, 0.15) is 11.9 Å². The molecule has 1 N–H and O–H groups in total. The van der Waals surface area contributed by atoms with Gasteiger partial charge in [-0.2, -0.15) is 0 Å². The molecule has 2 aliphatic rings. The smallest absolute Gasteiger partial charge is 0.253 e. The maximum Gasteiger partial charge on any atom is 0.253 e. The lowest BCUT2D eigenvalue weighted by Crippen LogP contribution is -2.51. The number of aryl methyl sites for hydroxylation is 2.